The number of aromatic nitrogens is 4. The molecule has 0 amide bonds. The van der Waals surface area contributed by atoms with Crippen LogP contribution in [0.4, 0.5) is 5.69 Å². The standard InChI is InChI=1S/C12H11N5O3S/c1-8-10(11(18)17-12(15-8)13-7-14-17)16-21(19,20)9-5-3-2-4-6-9/h2-7,16H,1H3,(H,13,14,15). The second-order valence-electron chi connectivity index (χ2n) is 4.32. The highest BCUT2D eigenvalue weighted by molar-refractivity contribution is 7.92. The highest BCUT2D eigenvalue weighted by Gasteiger charge is 2.19. The molecular formula is C12H11N5O3S. The first kappa shape index (κ1) is 13.3. The summed E-state index contributed by atoms with van der Waals surface area (Å²) >= 11 is 0. The minimum absolute atomic E-state index is 0.0681. The lowest BCUT2D eigenvalue weighted by molar-refractivity contribution is 0.601. The Labute approximate surface area is 119 Å². The summed E-state index contributed by atoms with van der Waals surface area (Å²) in [5.41, 5.74) is -0.415. The van der Waals surface area contributed by atoms with Crippen molar-refractivity contribution in [3.05, 3.63) is 52.7 Å². The second-order valence-corrected chi connectivity index (χ2v) is 6.00. The Balaban J connectivity index is 2.12. The Morgan fingerprint density at radius 3 is 2.67 bits per heavy atom. The molecule has 21 heavy (non-hydrogen) atoms. The van der Waals surface area contributed by atoms with Crippen LogP contribution in [0.5, 0.6) is 0 Å². The minimum atomic E-state index is -3.85. The summed E-state index contributed by atoms with van der Waals surface area (Å²) in [6.45, 7) is 1.54. The summed E-state index contributed by atoms with van der Waals surface area (Å²) < 4.78 is 27.9. The topological polar surface area (TPSA) is 109 Å². The fourth-order valence-electron chi connectivity index (χ4n) is 1.87. The van der Waals surface area contributed by atoms with E-state index < -0.39 is 15.6 Å². The molecule has 2 heterocycles. The van der Waals surface area contributed by atoms with Crippen LogP contribution in [-0.4, -0.2) is 28.0 Å². The monoisotopic (exact) mass is 305 g/mol. The Kier molecular flexibility index (Phi) is 2.98. The minimum Gasteiger partial charge on any atom is -0.278 e. The maximum Gasteiger partial charge on any atom is 0.298 e. The van der Waals surface area contributed by atoms with E-state index in [0.29, 0.717) is 0 Å². The van der Waals surface area contributed by atoms with Gasteiger partial charge in [-0.3, -0.25) is 14.6 Å². The summed E-state index contributed by atoms with van der Waals surface area (Å²) in [5.74, 6) is 0.181. The maximum absolute atomic E-state index is 12.3. The van der Waals surface area contributed by atoms with Crippen molar-refractivity contribution in [2.75, 3.05) is 4.72 Å². The van der Waals surface area contributed by atoms with Gasteiger partial charge in [0.2, 0.25) is 0 Å². The van der Waals surface area contributed by atoms with Crippen molar-refractivity contribution < 1.29 is 8.42 Å². The Morgan fingerprint density at radius 1 is 1.24 bits per heavy atom. The zero-order chi connectivity index (χ0) is 15.0. The van der Waals surface area contributed by atoms with Gasteiger partial charge in [0.15, 0.2) is 0 Å². The van der Waals surface area contributed by atoms with Crippen molar-refractivity contribution in [2.24, 2.45) is 0 Å². The number of aromatic amines is 1. The molecule has 0 saturated heterocycles. The van der Waals surface area contributed by atoms with Gasteiger partial charge in [-0.1, -0.05) is 18.2 Å². The zero-order valence-electron chi connectivity index (χ0n) is 10.9. The smallest absolute Gasteiger partial charge is 0.278 e. The van der Waals surface area contributed by atoms with Crippen LogP contribution in [-0.2, 0) is 10.0 Å². The van der Waals surface area contributed by atoms with Crippen molar-refractivity contribution in [2.45, 2.75) is 11.8 Å². The lowest BCUT2D eigenvalue weighted by atomic mass is 10.4. The van der Waals surface area contributed by atoms with Crippen LogP contribution < -0.4 is 10.3 Å². The van der Waals surface area contributed by atoms with Crippen molar-refractivity contribution in [3.63, 3.8) is 0 Å². The number of sulfonamides is 1. The van der Waals surface area contributed by atoms with Gasteiger partial charge in [-0.2, -0.15) is 4.52 Å². The molecule has 1 aromatic carbocycles. The first-order chi connectivity index (χ1) is 9.99. The third kappa shape index (κ3) is 2.27. The Morgan fingerprint density at radius 2 is 1.95 bits per heavy atom. The molecule has 9 heteroatoms. The average molecular weight is 305 g/mol. The van der Waals surface area contributed by atoms with E-state index in [4.69, 9.17) is 0 Å². The van der Waals surface area contributed by atoms with Crippen LogP contribution in [0.2, 0.25) is 0 Å². The average Bonchev–Trinajstić information content (AvgIpc) is 2.93. The first-order valence-electron chi connectivity index (χ1n) is 5.99. The molecule has 0 saturated carbocycles. The van der Waals surface area contributed by atoms with Crippen molar-refractivity contribution >= 4 is 21.5 Å². The van der Waals surface area contributed by atoms with E-state index in [1.54, 1.807) is 25.1 Å². The van der Waals surface area contributed by atoms with E-state index in [1.165, 1.54) is 18.5 Å². The molecule has 0 aliphatic heterocycles. The van der Waals surface area contributed by atoms with Crippen LogP contribution in [0.3, 0.4) is 0 Å². The normalized spacial score (nSPS) is 11.7. The van der Waals surface area contributed by atoms with Gasteiger partial charge in [-0.05, 0) is 19.1 Å². The summed E-state index contributed by atoms with van der Waals surface area (Å²) in [6.07, 6.45) is 1.30. The Bertz CT molecular complexity index is 959. The number of nitrogens with one attached hydrogen (secondary N) is 2. The van der Waals surface area contributed by atoms with E-state index in [9.17, 15) is 13.2 Å². The van der Waals surface area contributed by atoms with Crippen molar-refractivity contribution in [3.8, 4) is 0 Å². The number of hydrogen-bond donors (Lipinski definition) is 2. The van der Waals surface area contributed by atoms with Gasteiger partial charge in [-0.15, -0.1) is 0 Å². The number of aryl methyl sites for hydroxylation is 1. The number of hydrogen-bond acceptors (Lipinski definition) is 5. The first-order valence-corrected chi connectivity index (χ1v) is 7.48. The van der Waals surface area contributed by atoms with Crippen molar-refractivity contribution in [1.82, 2.24) is 19.6 Å². The molecule has 0 aliphatic carbocycles. The number of benzene rings is 1. The molecule has 0 atom stereocenters. The number of H-pyrrole nitrogens is 1. The van der Waals surface area contributed by atoms with Gasteiger partial charge < -0.3 is 0 Å². The zero-order valence-corrected chi connectivity index (χ0v) is 11.8. The summed E-state index contributed by atoms with van der Waals surface area (Å²) in [6, 6.07) is 7.79. The molecular weight excluding hydrogens is 294 g/mol. The number of fused-ring (bicyclic) bond motifs is 1. The second kappa shape index (κ2) is 4.70. The van der Waals surface area contributed by atoms with Gasteiger partial charge in [0.1, 0.15) is 12.0 Å². The van der Waals surface area contributed by atoms with Gasteiger partial charge in [0.25, 0.3) is 21.4 Å². The molecule has 0 unspecified atom stereocenters. The highest BCUT2D eigenvalue weighted by Crippen LogP contribution is 2.15. The van der Waals surface area contributed by atoms with Gasteiger partial charge in [0.05, 0.1) is 10.6 Å². The van der Waals surface area contributed by atoms with Gasteiger partial charge >= 0.3 is 0 Å². The summed E-state index contributed by atoms with van der Waals surface area (Å²) in [5, 5.41) is 2.58. The number of nitrogens with zero attached hydrogens (tertiary/aromatic N) is 3. The molecule has 3 aromatic rings. The maximum atomic E-state index is 12.3. The highest BCUT2D eigenvalue weighted by atomic mass is 32.2. The molecule has 2 aromatic heterocycles. The largest absolute Gasteiger partial charge is 0.298 e. The van der Waals surface area contributed by atoms with Gasteiger partial charge in [-0.25, -0.2) is 18.4 Å². The fraction of sp³-hybridized carbons (Fsp3) is 0.0833. The molecule has 108 valence electrons. The van der Waals surface area contributed by atoms with E-state index in [1.807, 2.05) is 0 Å². The Hall–Kier alpha value is -2.68. The molecule has 0 aliphatic rings. The van der Waals surface area contributed by atoms with E-state index >= 15 is 0 Å². The quantitative estimate of drug-likeness (QED) is 0.733. The predicted octanol–water partition coefficient (Wildman–Crippen LogP) is 0.527. The SMILES string of the molecule is Cc1nc2nc[nH]n2c(=O)c1NS(=O)(=O)c1ccccc1. The number of rotatable bonds is 3. The lowest BCUT2D eigenvalue weighted by Crippen LogP contribution is -2.25. The summed E-state index contributed by atoms with van der Waals surface area (Å²) in [7, 11) is -3.85. The predicted molar refractivity (Wildman–Crippen MR) is 75.6 cm³/mol. The molecule has 0 spiro atoms. The molecule has 2 N–H and O–H groups in total. The third-order valence-corrected chi connectivity index (χ3v) is 4.27. The van der Waals surface area contributed by atoms with Crippen LogP contribution >= 0.6 is 0 Å². The van der Waals surface area contributed by atoms with Crippen molar-refractivity contribution in [1.29, 1.82) is 0 Å². The van der Waals surface area contributed by atoms with Crippen LogP contribution in [0.15, 0.2) is 46.3 Å². The molecule has 0 bridgehead atoms. The molecule has 0 fully saturated rings. The van der Waals surface area contributed by atoms with Crippen LogP contribution in [0.1, 0.15) is 5.69 Å². The third-order valence-electron chi connectivity index (χ3n) is 2.90. The van der Waals surface area contributed by atoms with Gasteiger partial charge in [0, 0.05) is 0 Å². The van der Waals surface area contributed by atoms with E-state index in [2.05, 4.69) is 19.8 Å². The fourth-order valence-corrected chi connectivity index (χ4v) is 3.01. The van der Waals surface area contributed by atoms with E-state index in [-0.39, 0.29) is 22.1 Å². The molecule has 3 rings (SSSR count). The van der Waals surface area contributed by atoms with Crippen LogP contribution in [0, 0.1) is 6.92 Å². The summed E-state index contributed by atoms with van der Waals surface area (Å²) in [4.78, 5) is 20.2. The molecule has 0 radical (unpaired) electrons. The van der Waals surface area contributed by atoms with E-state index in [0.717, 1.165) is 4.52 Å². The number of anilines is 1. The van der Waals surface area contributed by atoms with Crippen LogP contribution in [0.25, 0.3) is 5.78 Å². The molecule has 8 nitrogen and oxygen atoms in total. The lowest BCUT2D eigenvalue weighted by Gasteiger charge is -2.09.